The molecular formula is C16H17N3O3. The van der Waals surface area contributed by atoms with Crippen molar-refractivity contribution in [1.29, 1.82) is 0 Å². The van der Waals surface area contributed by atoms with Crippen LogP contribution in [-0.2, 0) is 11.3 Å². The topological polar surface area (TPSA) is 75.4 Å². The average molecular weight is 299 g/mol. The van der Waals surface area contributed by atoms with Gasteiger partial charge in [-0.3, -0.25) is 9.69 Å². The molecule has 1 aromatic carbocycles. The summed E-state index contributed by atoms with van der Waals surface area (Å²) < 4.78 is 5.29. The maximum atomic E-state index is 12.2. The predicted molar refractivity (Wildman–Crippen MR) is 79.6 cm³/mol. The van der Waals surface area contributed by atoms with Gasteiger partial charge in [0.25, 0.3) is 5.91 Å². The summed E-state index contributed by atoms with van der Waals surface area (Å²) in [6, 6.07) is 10.4. The number of amides is 3. The summed E-state index contributed by atoms with van der Waals surface area (Å²) in [6.45, 7) is 3.91. The molecule has 22 heavy (non-hydrogen) atoms. The third kappa shape index (κ3) is 2.59. The first-order valence-electron chi connectivity index (χ1n) is 7.19. The minimum Gasteiger partial charge on any atom is -0.356 e. The van der Waals surface area contributed by atoms with Crippen molar-refractivity contribution in [2.75, 3.05) is 0 Å². The molecule has 114 valence electrons. The number of hydrogen-bond donors (Lipinski definition) is 1. The van der Waals surface area contributed by atoms with Crippen molar-refractivity contribution in [1.82, 2.24) is 15.4 Å². The Kier molecular flexibility index (Phi) is 3.66. The Hall–Kier alpha value is -2.63. The Morgan fingerprint density at radius 2 is 2.00 bits per heavy atom. The van der Waals surface area contributed by atoms with E-state index in [1.807, 2.05) is 44.2 Å². The number of imide groups is 1. The van der Waals surface area contributed by atoms with Crippen LogP contribution in [0.25, 0.3) is 11.3 Å². The van der Waals surface area contributed by atoms with Crippen molar-refractivity contribution in [2.45, 2.75) is 26.4 Å². The first-order chi connectivity index (χ1) is 10.6. The standard InChI is InChI=1S/C16H17N3O3/c1-10(2)14-15(20)19(16(21)17-14)9-12-8-13(22-18-12)11-6-4-3-5-7-11/h3-8,10,14H,9H2,1-2H3,(H,17,21)/t14-/m1/s1. The van der Waals surface area contributed by atoms with Gasteiger partial charge in [0, 0.05) is 11.6 Å². The van der Waals surface area contributed by atoms with Crippen LogP contribution in [-0.4, -0.2) is 28.0 Å². The summed E-state index contributed by atoms with van der Waals surface area (Å²) in [7, 11) is 0. The predicted octanol–water partition coefficient (Wildman–Crippen LogP) is 2.42. The highest BCUT2D eigenvalue weighted by molar-refractivity contribution is 6.04. The molecule has 1 fully saturated rings. The lowest BCUT2D eigenvalue weighted by Crippen LogP contribution is -2.34. The van der Waals surface area contributed by atoms with Crippen LogP contribution in [0.5, 0.6) is 0 Å². The molecule has 0 aliphatic carbocycles. The lowest BCUT2D eigenvalue weighted by Gasteiger charge is -2.12. The molecule has 6 nitrogen and oxygen atoms in total. The molecular weight excluding hydrogens is 282 g/mol. The number of nitrogens with one attached hydrogen (secondary N) is 1. The van der Waals surface area contributed by atoms with Crippen LogP contribution in [0.15, 0.2) is 40.9 Å². The van der Waals surface area contributed by atoms with Gasteiger partial charge < -0.3 is 9.84 Å². The quantitative estimate of drug-likeness (QED) is 0.880. The molecule has 0 saturated carbocycles. The van der Waals surface area contributed by atoms with Gasteiger partial charge >= 0.3 is 6.03 Å². The monoisotopic (exact) mass is 299 g/mol. The van der Waals surface area contributed by atoms with E-state index in [0.717, 1.165) is 5.56 Å². The molecule has 0 spiro atoms. The molecule has 1 aliphatic rings. The van der Waals surface area contributed by atoms with E-state index < -0.39 is 6.04 Å². The van der Waals surface area contributed by atoms with Crippen LogP contribution in [0.4, 0.5) is 4.79 Å². The number of carbonyl (C=O) groups is 2. The number of carbonyl (C=O) groups excluding carboxylic acids is 2. The maximum Gasteiger partial charge on any atom is 0.325 e. The summed E-state index contributed by atoms with van der Waals surface area (Å²) in [5.41, 5.74) is 1.45. The van der Waals surface area contributed by atoms with Gasteiger partial charge in [-0.1, -0.05) is 49.3 Å². The van der Waals surface area contributed by atoms with Gasteiger partial charge in [-0.2, -0.15) is 0 Å². The summed E-state index contributed by atoms with van der Waals surface area (Å²) in [5.74, 6) is 0.450. The Morgan fingerprint density at radius 1 is 1.27 bits per heavy atom. The zero-order chi connectivity index (χ0) is 15.7. The molecule has 1 aromatic heterocycles. The second-order valence-corrected chi connectivity index (χ2v) is 5.64. The van der Waals surface area contributed by atoms with E-state index in [-0.39, 0.29) is 24.4 Å². The molecule has 2 aromatic rings. The molecule has 6 heteroatoms. The smallest absolute Gasteiger partial charge is 0.325 e. The molecule has 1 N–H and O–H groups in total. The highest BCUT2D eigenvalue weighted by Crippen LogP contribution is 2.22. The third-order valence-corrected chi connectivity index (χ3v) is 3.66. The number of urea groups is 1. The zero-order valence-electron chi connectivity index (χ0n) is 12.4. The van der Waals surface area contributed by atoms with Gasteiger partial charge in [0.2, 0.25) is 0 Å². The van der Waals surface area contributed by atoms with Crippen molar-refractivity contribution in [2.24, 2.45) is 5.92 Å². The van der Waals surface area contributed by atoms with Crippen LogP contribution in [0.2, 0.25) is 0 Å². The molecule has 2 heterocycles. The van der Waals surface area contributed by atoms with Crippen molar-refractivity contribution >= 4 is 11.9 Å². The van der Waals surface area contributed by atoms with Crippen molar-refractivity contribution in [3.8, 4) is 11.3 Å². The van der Waals surface area contributed by atoms with Crippen LogP contribution >= 0.6 is 0 Å². The maximum absolute atomic E-state index is 12.2. The normalized spacial score (nSPS) is 18.1. The molecule has 0 unspecified atom stereocenters. The Morgan fingerprint density at radius 3 is 2.64 bits per heavy atom. The van der Waals surface area contributed by atoms with Crippen molar-refractivity contribution in [3.63, 3.8) is 0 Å². The molecule has 3 rings (SSSR count). The van der Waals surface area contributed by atoms with Gasteiger partial charge in [-0.05, 0) is 5.92 Å². The second-order valence-electron chi connectivity index (χ2n) is 5.64. The number of benzene rings is 1. The Labute approximate surface area is 128 Å². The minimum atomic E-state index is -0.465. The van der Waals surface area contributed by atoms with E-state index in [2.05, 4.69) is 10.5 Å². The highest BCUT2D eigenvalue weighted by atomic mass is 16.5. The molecule has 1 atom stereocenters. The molecule has 1 saturated heterocycles. The molecule has 3 amide bonds. The number of rotatable bonds is 4. The van der Waals surface area contributed by atoms with Gasteiger partial charge in [-0.15, -0.1) is 0 Å². The molecule has 0 radical (unpaired) electrons. The van der Waals surface area contributed by atoms with Gasteiger partial charge in [-0.25, -0.2) is 4.79 Å². The fourth-order valence-electron chi connectivity index (χ4n) is 2.43. The first kappa shape index (κ1) is 14.3. The molecule has 0 bridgehead atoms. The molecule has 1 aliphatic heterocycles. The fraction of sp³-hybridized carbons (Fsp3) is 0.312. The minimum absolute atomic E-state index is 0.0543. The van der Waals surface area contributed by atoms with E-state index in [4.69, 9.17) is 4.52 Å². The third-order valence-electron chi connectivity index (χ3n) is 3.66. The number of hydrogen-bond acceptors (Lipinski definition) is 4. The van der Waals surface area contributed by atoms with Crippen molar-refractivity contribution in [3.05, 3.63) is 42.1 Å². The van der Waals surface area contributed by atoms with E-state index in [9.17, 15) is 9.59 Å². The number of aromatic nitrogens is 1. The van der Waals surface area contributed by atoms with E-state index in [1.54, 1.807) is 6.07 Å². The largest absolute Gasteiger partial charge is 0.356 e. The summed E-state index contributed by atoms with van der Waals surface area (Å²) in [6.07, 6.45) is 0. The highest BCUT2D eigenvalue weighted by Gasteiger charge is 2.39. The second kappa shape index (κ2) is 5.63. The SMILES string of the molecule is CC(C)[C@H]1NC(=O)N(Cc2cc(-c3ccccc3)on2)C1=O. The van der Waals surface area contributed by atoms with Crippen LogP contribution in [0, 0.1) is 5.92 Å². The van der Waals surface area contributed by atoms with E-state index >= 15 is 0 Å². The Bertz CT molecular complexity index is 694. The van der Waals surface area contributed by atoms with Gasteiger partial charge in [0.15, 0.2) is 5.76 Å². The zero-order valence-corrected chi connectivity index (χ0v) is 12.4. The summed E-state index contributed by atoms with van der Waals surface area (Å²) in [5, 5.41) is 6.64. The van der Waals surface area contributed by atoms with E-state index in [0.29, 0.717) is 11.5 Å². The van der Waals surface area contributed by atoms with Gasteiger partial charge in [0.1, 0.15) is 11.7 Å². The Balaban J connectivity index is 1.76. The lowest BCUT2D eigenvalue weighted by atomic mass is 10.1. The van der Waals surface area contributed by atoms with Gasteiger partial charge in [0.05, 0.1) is 6.54 Å². The summed E-state index contributed by atoms with van der Waals surface area (Å²) >= 11 is 0. The lowest BCUT2D eigenvalue weighted by molar-refractivity contribution is -0.128. The van der Waals surface area contributed by atoms with Crippen LogP contribution in [0.3, 0.4) is 0 Å². The first-order valence-corrected chi connectivity index (χ1v) is 7.19. The fourth-order valence-corrected chi connectivity index (χ4v) is 2.43. The van der Waals surface area contributed by atoms with Crippen molar-refractivity contribution < 1.29 is 14.1 Å². The number of nitrogens with zero attached hydrogens (tertiary/aromatic N) is 2. The van der Waals surface area contributed by atoms with Crippen LogP contribution in [0.1, 0.15) is 19.5 Å². The summed E-state index contributed by atoms with van der Waals surface area (Å²) in [4.78, 5) is 25.3. The average Bonchev–Trinajstić information content (AvgIpc) is 3.08. The van der Waals surface area contributed by atoms with Crippen LogP contribution < -0.4 is 5.32 Å². The van der Waals surface area contributed by atoms with E-state index in [1.165, 1.54) is 4.90 Å².